The van der Waals surface area contributed by atoms with Crippen molar-refractivity contribution in [1.29, 1.82) is 0 Å². The molecule has 0 aliphatic carbocycles. The molecule has 1 aliphatic heterocycles. The topological polar surface area (TPSA) is 124 Å². The van der Waals surface area contributed by atoms with Crippen LogP contribution >= 0.6 is 0 Å². The Bertz CT molecular complexity index is 944. The van der Waals surface area contributed by atoms with E-state index in [9.17, 15) is 19.7 Å². The molecule has 35 heavy (non-hydrogen) atoms. The van der Waals surface area contributed by atoms with Crippen LogP contribution in [0.3, 0.4) is 0 Å². The van der Waals surface area contributed by atoms with E-state index in [4.69, 9.17) is 9.47 Å². The number of nitro groups is 1. The summed E-state index contributed by atoms with van der Waals surface area (Å²) in [6, 6.07) is 5.42. The van der Waals surface area contributed by atoms with Crippen LogP contribution in [0.5, 0.6) is 0 Å². The number of ether oxygens (including phenoxy) is 2. The van der Waals surface area contributed by atoms with E-state index >= 15 is 0 Å². The molecule has 0 saturated heterocycles. The molecule has 10 heteroatoms. The molecule has 0 spiro atoms. The molecule has 4 unspecified atom stereocenters. The minimum atomic E-state index is -0.980. The third-order valence-corrected chi connectivity index (χ3v) is 6.21. The molecule has 1 aliphatic rings. The number of carbonyl (C=O) groups is 2. The van der Waals surface area contributed by atoms with Crippen molar-refractivity contribution >= 4 is 29.6 Å². The van der Waals surface area contributed by atoms with Crippen molar-refractivity contribution in [1.82, 2.24) is 4.90 Å². The molecule has 0 bridgehead atoms. The van der Waals surface area contributed by atoms with Gasteiger partial charge in [0, 0.05) is 36.0 Å². The lowest BCUT2D eigenvalue weighted by atomic mass is 9.69. The van der Waals surface area contributed by atoms with Gasteiger partial charge in [-0.05, 0) is 33.9 Å². The predicted molar refractivity (Wildman–Crippen MR) is 134 cm³/mol. The van der Waals surface area contributed by atoms with Gasteiger partial charge in [0.15, 0.2) is 0 Å². The zero-order valence-corrected chi connectivity index (χ0v) is 21.2. The van der Waals surface area contributed by atoms with Gasteiger partial charge in [-0.3, -0.25) is 29.7 Å². The molecule has 10 nitrogen and oxygen atoms in total. The van der Waals surface area contributed by atoms with E-state index in [1.807, 2.05) is 0 Å². The van der Waals surface area contributed by atoms with Crippen molar-refractivity contribution in [3.8, 4) is 0 Å². The Labute approximate surface area is 206 Å². The van der Waals surface area contributed by atoms with Crippen LogP contribution < -0.4 is 0 Å². The number of nitro benzene ring substituents is 1. The Morgan fingerprint density at radius 2 is 1.74 bits per heavy atom. The van der Waals surface area contributed by atoms with Crippen LogP contribution in [0.15, 0.2) is 34.3 Å². The lowest BCUT2D eigenvalue weighted by Crippen LogP contribution is -2.47. The zero-order valence-electron chi connectivity index (χ0n) is 21.2. The largest absolute Gasteiger partial charge is 0.466 e. The standard InChI is InChI=1S/C25H36N4O6/c1-6-28(7-2)15-14-26-16-19-23(25(31)35-9-4)22(18-12-10-11-13-20(18)29(32)33)21(17(5)27-19)24(30)34-8-3/h10-13,16,19,21-23H,6-9,14-15H2,1-5H3. The first-order valence-corrected chi connectivity index (χ1v) is 12.1. The van der Waals surface area contributed by atoms with Gasteiger partial charge in [-0.2, -0.15) is 0 Å². The minimum Gasteiger partial charge on any atom is -0.466 e. The normalized spacial score (nSPS) is 22.2. The number of hydrogen-bond donors (Lipinski definition) is 0. The maximum absolute atomic E-state index is 13.3. The summed E-state index contributed by atoms with van der Waals surface area (Å²) in [5.74, 6) is -4.01. The number of nitrogens with zero attached hydrogens (tertiary/aromatic N) is 4. The zero-order chi connectivity index (χ0) is 26.0. The Hall–Kier alpha value is -3.14. The van der Waals surface area contributed by atoms with Crippen LogP contribution in [0.25, 0.3) is 0 Å². The van der Waals surface area contributed by atoms with Gasteiger partial charge in [-0.25, -0.2) is 0 Å². The number of aliphatic imine (C=N–C) groups is 2. The Morgan fingerprint density at radius 3 is 2.34 bits per heavy atom. The van der Waals surface area contributed by atoms with E-state index < -0.39 is 40.7 Å². The van der Waals surface area contributed by atoms with Crippen LogP contribution in [0.2, 0.25) is 0 Å². The van der Waals surface area contributed by atoms with Gasteiger partial charge in [0.2, 0.25) is 0 Å². The maximum Gasteiger partial charge on any atom is 0.315 e. The van der Waals surface area contributed by atoms with E-state index in [-0.39, 0.29) is 24.5 Å². The number of esters is 2. The molecule has 0 saturated carbocycles. The fraction of sp³-hybridized carbons (Fsp3) is 0.600. The van der Waals surface area contributed by atoms with Gasteiger partial charge < -0.3 is 14.4 Å². The van der Waals surface area contributed by atoms with Gasteiger partial charge >= 0.3 is 11.9 Å². The molecule has 1 aromatic carbocycles. The van der Waals surface area contributed by atoms with Gasteiger partial charge in [0.1, 0.15) is 5.92 Å². The van der Waals surface area contributed by atoms with Crippen molar-refractivity contribution in [2.24, 2.45) is 21.8 Å². The number of benzene rings is 1. The first kappa shape index (κ1) is 28.1. The summed E-state index contributed by atoms with van der Waals surface area (Å²) in [7, 11) is 0. The molecule has 1 aromatic rings. The van der Waals surface area contributed by atoms with Crippen LogP contribution in [-0.2, 0) is 19.1 Å². The molecule has 4 atom stereocenters. The number of para-hydroxylation sites is 1. The molecular formula is C25H36N4O6. The van der Waals surface area contributed by atoms with E-state index in [1.165, 1.54) is 6.07 Å². The van der Waals surface area contributed by atoms with Gasteiger partial charge in [-0.1, -0.05) is 32.0 Å². The second kappa shape index (κ2) is 13.7. The van der Waals surface area contributed by atoms with Crippen LogP contribution in [0.4, 0.5) is 5.69 Å². The molecule has 0 radical (unpaired) electrons. The predicted octanol–water partition coefficient (Wildman–Crippen LogP) is 3.29. The molecule has 2 rings (SSSR count). The van der Waals surface area contributed by atoms with Crippen molar-refractivity contribution in [3.05, 3.63) is 39.9 Å². The average Bonchev–Trinajstić information content (AvgIpc) is 2.83. The second-order valence-electron chi connectivity index (χ2n) is 8.19. The van der Waals surface area contributed by atoms with Crippen LogP contribution in [-0.4, -0.2) is 79.1 Å². The SMILES string of the molecule is CCOC(=O)C1C(C)=NC(C=NCCN(CC)CC)C(C(=O)OCC)C1c1ccccc1[N+](=O)[O-]. The van der Waals surface area contributed by atoms with Crippen LogP contribution in [0.1, 0.15) is 46.1 Å². The summed E-state index contributed by atoms with van der Waals surface area (Å²) in [6.07, 6.45) is 1.61. The lowest BCUT2D eigenvalue weighted by Gasteiger charge is -2.37. The summed E-state index contributed by atoms with van der Waals surface area (Å²) in [5.41, 5.74) is 0.532. The highest BCUT2D eigenvalue weighted by Crippen LogP contribution is 2.44. The second-order valence-corrected chi connectivity index (χ2v) is 8.19. The minimum absolute atomic E-state index is 0.123. The molecular weight excluding hydrogens is 452 g/mol. The summed E-state index contributed by atoms with van der Waals surface area (Å²) in [6.45, 7) is 12.5. The summed E-state index contributed by atoms with van der Waals surface area (Å²) >= 11 is 0. The van der Waals surface area contributed by atoms with E-state index in [0.29, 0.717) is 12.3 Å². The van der Waals surface area contributed by atoms with E-state index in [2.05, 4.69) is 28.7 Å². The quantitative estimate of drug-likeness (QED) is 0.191. The monoisotopic (exact) mass is 488 g/mol. The van der Waals surface area contributed by atoms with Gasteiger partial charge in [-0.15, -0.1) is 0 Å². The molecule has 0 fully saturated rings. The highest BCUT2D eigenvalue weighted by Gasteiger charge is 2.50. The molecule has 1 heterocycles. The summed E-state index contributed by atoms with van der Waals surface area (Å²) < 4.78 is 10.7. The average molecular weight is 489 g/mol. The fourth-order valence-corrected chi connectivity index (χ4v) is 4.51. The first-order chi connectivity index (χ1) is 16.8. The Balaban J connectivity index is 2.61. The third-order valence-electron chi connectivity index (χ3n) is 6.21. The lowest BCUT2D eigenvalue weighted by molar-refractivity contribution is -0.385. The van der Waals surface area contributed by atoms with E-state index in [1.54, 1.807) is 45.2 Å². The number of hydrogen-bond acceptors (Lipinski definition) is 9. The van der Waals surface area contributed by atoms with Crippen molar-refractivity contribution in [3.63, 3.8) is 0 Å². The number of rotatable bonds is 12. The molecule has 0 N–H and O–H groups in total. The molecule has 0 amide bonds. The third kappa shape index (κ3) is 6.94. The van der Waals surface area contributed by atoms with Crippen molar-refractivity contribution in [2.45, 2.75) is 46.6 Å². The summed E-state index contributed by atoms with van der Waals surface area (Å²) in [5, 5.41) is 11.9. The van der Waals surface area contributed by atoms with Gasteiger partial charge in [0.05, 0.1) is 36.6 Å². The Kier molecular flexibility index (Phi) is 11.0. The van der Waals surface area contributed by atoms with Crippen molar-refractivity contribution in [2.75, 3.05) is 39.4 Å². The molecule has 0 aromatic heterocycles. The maximum atomic E-state index is 13.3. The van der Waals surface area contributed by atoms with E-state index in [0.717, 1.165) is 19.6 Å². The number of carbonyl (C=O) groups excluding carboxylic acids is 2. The van der Waals surface area contributed by atoms with Crippen molar-refractivity contribution < 1.29 is 24.0 Å². The number of likely N-dealkylation sites (N-methyl/N-ethyl adjacent to an activating group) is 1. The highest BCUT2D eigenvalue weighted by atomic mass is 16.6. The van der Waals surface area contributed by atoms with Crippen LogP contribution in [0, 0.1) is 22.0 Å². The summed E-state index contributed by atoms with van der Waals surface area (Å²) in [4.78, 5) is 49.1. The first-order valence-electron chi connectivity index (χ1n) is 12.1. The smallest absolute Gasteiger partial charge is 0.315 e. The fourth-order valence-electron chi connectivity index (χ4n) is 4.51. The Morgan fingerprint density at radius 1 is 1.11 bits per heavy atom. The van der Waals surface area contributed by atoms with Gasteiger partial charge in [0.25, 0.3) is 5.69 Å². The molecule has 192 valence electrons. The highest BCUT2D eigenvalue weighted by molar-refractivity contribution is 6.05.